The Bertz CT molecular complexity index is 797. The fourth-order valence-corrected chi connectivity index (χ4v) is 6.33. The zero-order valence-corrected chi connectivity index (χ0v) is 20.5. The van der Waals surface area contributed by atoms with Crippen molar-refractivity contribution in [2.24, 2.45) is 0 Å². The van der Waals surface area contributed by atoms with Crippen molar-refractivity contribution in [2.45, 2.75) is 103 Å². The van der Waals surface area contributed by atoms with E-state index < -0.39 is 0 Å². The van der Waals surface area contributed by atoms with Gasteiger partial charge >= 0.3 is 0 Å². The number of morpholine rings is 1. The fraction of sp³-hybridized carbons (Fsp3) is 0.692. The molecule has 1 aromatic rings. The predicted octanol–water partition coefficient (Wildman–Crippen LogP) is 5.61. The first kappa shape index (κ1) is 23.5. The average Bonchev–Trinajstić information content (AvgIpc) is 3.34. The van der Waals surface area contributed by atoms with Crippen LogP contribution in [0.1, 0.15) is 89.4 Å². The van der Waals surface area contributed by atoms with Crippen molar-refractivity contribution in [1.82, 2.24) is 9.80 Å². The molecule has 3 aliphatic rings. The summed E-state index contributed by atoms with van der Waals surface area (Å²) in [6.45, 7) is 5.37. The van der Waals surface area contributed by atoms with Crippen LogP contribution in [-0.2, 0) is 14.3 Å². The van der Waals surface area contributed by atoms with Gasteiger partial charge in [0.25, 0.3) is 11.8 Å². The summed E-state index contributed by atoms with van der Waals surface area (Å²) in [7, 11) is 0. The Hall–Kier alpha value is -1.66. The van der Waals surface area contributed by atoms with E-state index in [0.717, 1.165) is 30.6 Å². The third-order valence-corrected chi connectivity index (χ3v) is 7.92. The molecule has 0 spiro atoms. The molecule has 2 unspecified atom stereocenters. The largest absolute Gasteiger partial charge is 0.372 e. The molecular weight excluding hydrogens is 420 g/mol. The number of amides is 2. The van der Waals surface area contributed by atoms with Crippen molar-refractivity contribution in [1.29, 1.82) is 0 Å². The van der Waals surface area contributed by atoms with Crippen LogP contribution in [-0.4, -0.2) is 53.0 Å². The highest BCUT2D eigenvalue weighted by atomic mass is 32.1. The Balaban J connectivity index is 1.61. The van der Waals surface area contributed by atoms with Crippen LogP contribution in [0, 0.1) is 0 Å². The van der Waals surface area contributed by atoms with Crippen molar-refractivity contribution in [2.75, 3.05) is 13.1 Å². The van der Waals surface area contributed by atoms with Crippen molar-refractivity contribution in [3.05, 3.63) is 28.1 Å². The quantitative estimate of drug-likeness (QED) is 0.553. The fourth-order valence-electron chi connectivity index (χ4n) is 5.56. The normalized spacial score (nSPS) is 27.6. The topological polar surface area (TPSA) is 49.9 Å². The lowest BCUT2D eigenvalue weighted by atomic mass is 9.97. The van der Waals surface area contributed by atoms with Gasteiger partial charge in [0.2, 0.25) is 0 Å². The van der Waals surface area contributed by atoms with E-state index in [2.05, 4.69) is 4.90 Å². The first-order valence-corrected chi connectivity index (χ1v) is 13.5. The number of hydrogen-bond donors (Lipinski definition) is 0. The van der Waals surface area contributed by atoms with E-state index in [1.807, 2.05) is 31.4 Å². The van der Waals surface area contributed by atoms with Crippen LogP contribution in [0.25, 0.3) is 5.57 Å². The second-order valence-corrected chi connectivity index (χ2v) is 10.7. The van der Waals surface area contributed by atoms with E-state index in [0.29, 0.717) is 24.4 Å². The van der Waals surface area contributed by atoms with Gasteiger partial charge in [-0.1, -0.05) is 63.9 Å². The van der Waals surface area contributed by atoms with Gasteiger partial charge in [-0.15, -0.1) is 11.3 Å². The monoisotopic (exact) mass is 458 g/mol. The SMILES string of the molecule is CC1CN(C2=C(c3cccs3)C(=O)N(C3CCCCCCCCCCC3)C2=O)CC(C)O1. The van der Waals surface area contributed by atoms with Crippen LogP contribution >= 0.6 is 11.3 Å². The number of thiophene rings is 1. The zero-order valence-electron chi connectivity index (χ0n) is 19.7. The van der Waals surface area contributed by atoms with Crippen molar-refractivity contribution >= 4 is 28.7 Å². The molecule has 32 heavy (non-hydrogen) atoms. The van der Waals surface area contributed by atoms with Gasteiger partial charge in [0, 0.05) is 24.0 Å². The summed E-state index contributed by atoms with van der Waals surface area (Å²) in [5.74, 6) is -0.173. The molecule has 176 valence electrons. The molecule has 2 atom stereocenters. The predicted molar refractivity (Wildman–Crippen MR) is 129 cm³/mol. The number of carbonyl (C=O) groups excluding carboxylic acids is 2. The van der Waals surface area contributed by atoms with Crippen LogP contribution in [0.5, 0.6) is 0 Å². The smallest absolute Gasteiger partial charge is 0.278 e. The number of imide groups is 1. The highest BCUT2D eigenvalue weighted by Crippen LogP contribution is 2.37. The summed E-state index contributed by atoms with van der Waals surface area (Å²) >= 11 is 1.55. The van der Waals surface area contributed by atoms with Gasteiger partial charge in [-0.2, -0.15) is 0 Å². The Morgan fingerprint density at radius 2 is 1.41 bits per heavy atom. The summed E-state index contributed by atoms with van der Waals surface area (Å²) in [5, 5.41) is 1.99. The van der Waals surface area contributed by atoms with Crippen molar-refractivity contribution < 1.29 is 14.3 Å². The van der Waals surface area contributed by atoms with Crippen LogP contribution in [0.4, 0.5) is 0 Å². The minimum absolute atomic E-state index is 0.0118. The van der Waals surface area contributed by atoms with Gasteiger partial charge in [-0.3, -0.25) is 14.5 Å². The van der Waals surface area contributed by atoms with Gasteiger partial charge in [-0.25, -0.2) is 0 Å². The summed E-state index contributed by atoms with van der Waals surface area (Å²) in [6.07, 6.45) is 13.0. The molecule has 1 aromatic heterocycles. The van der Waals surface area contributed by atoms with Crippen LogP contribution < -0.4 is 0 Å². The summed E-state index contributed by atoms with van der Waals surface area (Å²) in [5.41, 5.74) is 1.21. The molecule has 6 heteroatoms. The third kappa shape index (κ3) is 5.28. The Kier molecular flexibility index (Phi) is 8.06. The standard InChI is InChI=1S/C26H38N2O3S/c1-19-17-27(18-20(2)31-19)24-23(22-15-12-16-32-22)25(29)28(26(24)30)21-13-10-8-6-4-3-5-7-9-11-14-21/h12,15-16,19-21H,3-11,13-14,17-18H2,1-2H3. The lowest BCUT2D eigenvalue weighted by Crippen LogP contribution is -2.48. The van der Waals surface area contributed by atoms with Gasteiger partial charge in [0.15, 0.2) is 0 Å². The number of rotatable bonds is 3. The minimum Gasteiger partial charge on any atom is -0.372 e. The van der Waals surface area contributed by atoms with Gasteiger partial charge in [0.1, 0.15) is 5.70 Å². The van der Waals surface area contributed by atoms with Crippen LogP contribution in [0.15, 0.2) is 23.2 Å². The maximum Gasteiger partial charge on any atom is 0.278 e. The molecule has 5 nitrogen and oxygen atoms in total. The van der Waals surface area contributed by atoms with Crippen molar-refractivity contribution in [3.63, 3.8) is 0 Å². The third-order valence-electron chi connectivity index (χ3n) is 7.03. The van der Waals surface area contributed by atoms with E-state index in [1.165, 1.54) is 44.9 Å². The van der Waals surface area contributed by atoms with E-state index in [-0.39, 0.29) is 30.1 Å². The molecule has 0 N–H and O–H groups in total. The molecule has 1 aliphatic carbocycles. The highest BCUT2D eigenvalue weighted by molar-refractivity contribution is 7.11. The average molecular weight is 459 g/mol. The lowest BCUT2D eigenvalue weighted by molar-refractivity contribution is -0.141. The van der Waals surface area contributed by atoms with Crippen LogP contribution in [0.3, 0.4) is 0 Å². The minimum atomic E-state index is -0.0867. The van der Waals surface area contributed by atoms with E-state index in [1.54, 1.807) is 16.2 Å². The van der Waals surface area contributed by atoms with E-state index in [9.17, 15) is 9.59 Å². The molecule has 0 aromatic carbocycles. The number of carbonyl (C=O) groups is 2. The van der Waals surface area contributed by atoms with Gasteiger partial charge in [0.05, 0.1) is 17.8 Å². The first-order valence-electron chi connectivity index (χ1n) is 12.6. The second-order valence-electron chi connectivity index (χ2n) is 9.76. The summed E-state index contributed by atoms with van der Waals surface area (Å²) in [6, 6.07) is 3.95. The number of ether oxygens (including phenoxy) is 1. The molecule has 0 radical (unpaired) electrons. The second kappa shape index (κ2) is 11.0. The molecule has 1 saturated heterocycles. The zero-order chi connectivity index (χ0) is 22.5. The highest BCUT2D eigenvalue weighted by Gasteiger charge is 2.45. The molecule has 2 amide bonds. The lowest BCUT2D eigenvalue weighted by Gasteiger charge is -2.37. The molecular formula is C26H38N2O3S. The molecule has 2 aliphatic heterocycles. The van der Waals surface area contributed by atoms with Gasteiger partial charge in [-0.05, 0) is 38.1 Å². The van der Waals surface area contributed by atoms with E-state index >= 15 is 0 Å². The molecule has 0 bridgehead atoms. The molecule has 3 heterocycles. The molecule has 2 fully saturated rings. The van der Waals surface area contributed by atoms with Crippen molar-refractivity contribution in [3.8, 4) is 0 Å². The Labute approximate surface area is 196 Å². The summed E-state index contributed by atoms with van der Waals surface area (Å²) in [4.78, 5) is 32.3. The van der Waals surface area contributed by atoms with Crippen LogP contribution in [0.2, 0.25) is 0 Å². The van der Waals surface area contributed by atoms with E-state index in [4.69, 9.17) is 4.74 Å². The molecule has 4 rings (SSSR count). The maximum atomic E-state index is 13.9. The Morgan fingerprint density at radius 3 is 1.94 bits per heavy atom. The first-order chi connectivity index (χ1) is 15.6. The van der Waals surface area contributed by atoms with Gasteiger partial charge < -0.3 is 9.64 Å². The number of hydrogen-bond acceptors (Lipinski definition) is 5. The molecule has 1 saturated carbocycles. The maximum absolute atomic E-state index is 13.9. The number of nitrogens with zero attached hydrogens (tertiary/aromatic N) is 2. The Morgan fingerprint density at radius 1 is 0.844 bits per heavy atom. The summed E-state index contributed by atoms with van der Waals surface area (Å²) < 4.78 is 5.91.